The molecular weight excluding hydrogens is 254 g/mol. The first kappa shape index (κ1) is 14.0. The van der Waals surface area contributed by atoms with Crippen LogP contribution in [0.3, 0.4) is 0 Å². The summed E-state index contributed by atoms with van der Waals surface area (Å²) in [4.78, 5) is 13.8. The number of nitrogens with zero attached hydrogens (tertiary/aromatic N) is 3. The van der Waals surface area contributed by atoms with E-state index < -0.39 is 0 Å². The molecule has 0 bridgehead atoms. The number of hydrogen-bond donors (Lipinski definition) is 2. The smallest absolute Gasteiger partial charge is 0.227 e. The zero-order valence-corrected chi connectivity index (χ0v) is 11.1. The van der Waals surface area contributed by atoms with E-state index in [1.165, 1.54) is 0 Å². The van der Waals surface area contributed by atoms with Crippen molar-refractivity contribution in [3.05, 3.63) is 35.4 Å². The zero-order valence-electron chi connectivity index (χ0n) is 11.1. The van der Waals surface area contributed by atoms with Crippen LogP contribution >= 0.6 is 0 Å². The lowest BCUT2D eigenvalue weighted by Gasteiger charge is -2.16. The van der Waals surface area contributed by atoms with Gasteiger partial charge in [-0.2, -0.15) is 10.4 Å². The van der Waals surface area contributed by atoms with Gasteiger partial charge in [-0.15, -0.1) is 0 Å². The Bertz CT molecular complexity index is 549. The molecule has 1 saturated heterocycles. The van der Waals surface area contributed by atoms with Gasteiger partial charge in [0.25, 0.3) is 0 Å². The number of nitriles is 1. The molecule has 0 unspecified atom stereocenters. The summed E-state index contributed by atoms with van der Waals surface area (Å²) in [5, 5.41) is 12.1. The van der Waals surface area contributed by atoms with Crippen molar-refractivity contribution in [2.45, 2.75) is 13.0 Å². The summed E-state index contributed by atoms with van der Waals surface area (Å²) in [5.41, 5.74) is 9.70. The molecule has 0 spiro atoms. The highest BCUT2D eigenvalue weighted by atomic mass is 16.2. The summed E-state index contributed by atoms with van der Waals surface area (Å²) in [6.07, 6.45) is 4.12. The van der Waals surface area contributed by atoms with Crippen LogP contribution < -0.4 is 11.2 Å². The van der Waals surface area contributed by atoms with Crippen LogP contribution in [-0.2, 0) is 11.3 Å². The van der Waals surface area contributed by atoms with Crippen LogP contribution in [0.25, 0.3) is 0 Å². The third kappa shape index (κ3) is 3.33. The van der Waals surface area contributed by atoms with Crippen molar-refractivity contribution >= 4 is 12.1 Å². The molecule has 1 aliphatic heterocycles. The van der Waals surface area contributed by atoms with Crippen molar-refractivity contribution in [1.29, 1.82) is 5.26 Å². The minimum Gasteiger partial charge on any atom is -0.338 e. The van der Waals surface area contributed by atoms with Gasteiger partial charge < -0.3 is 10.6 Å². The number of benzene rings is 1. The van der Waals surface area contributed by atoms with Crippen LogP contribution in [0.4, 0.5) is 0 Å². The monoisotopic (exact) mass is 271 g/mol. The van der Waals surface area contributed by atoms with E-state index in [1.54, 1.807) is 12.4 Å². The minimum absolute atomic E-state index is 0.0282. The van der Waals surface area contributed by atoms with E-state index in [0.29, 0.717) is 13.1 Å². The number of likely N-dealkylation sites (tertiary alicyclic amines) is 1. The number of carbonyl (C=O) groups excluding carboxylic acids is 1. The molecule has 0 aliphatic carbocycles. The fraction of sp³-hybridized carbons (Fsp3) is 0.357. The van der Waals surface area contributed by atoms with E-state index in [-0.39, 0.29) is 11.8 Å². The Labute approximate surface area is 117 Å². The Kier molecular flexibility index (Phi) is 4.69. The normalized spacial score (nSPS) is 18.5. The van der Waals surface area contributed by atoms with E-state index in [2.05, 4.69) is 10.5 Å². The second-order valence-corrected chi connectivity index (χ2v) is 4.71. The maximum absolute atomic E-state index is 12.0. The maximum atomic E-state index is 12.0. The van der Waals surface area contributed by atoms with Gasteiger partial charge >= 0.3 is 0 Å². The van der Waals surface area contributed by atoms with Gasteiger partial charge in [0.1, 0.15) is 0 Å². The Hall–Kier alpha value is -2.39. The number of carbonyl (C=O) groups is 1. The molecule has 3 N–H and O–H groups in total. The van der Waals surface area contributed by atoms with Crippen molar-refractivity contribution in [3.63, 3.8) is 0 Å². The molecule has 2 rings (SSSR count). The van der Waals surface area contributed by atoms with Crippen molar-refractivity contribution in [3.8, 4) is 6.19 Å². The van der Waals surface area contributed by atoms with Crippen LogP contribution in [0, 0.1) is 17.4 Å². The summed E-state index contributed by atoms with van der Waals surface area (Å²) in [6.45, 7) is 1.76. The van der Waals surface area contributed by atoms with Crippen LogP contribution in [0.2, 0.25) is 0 Å². The third-order valence-corrected chi connectivity index (χ3v) is 3.35. The fourth-order valence-corrected chi connectivity index (χ4v) is 2.31. The Balaban J connectivity index is 2.02. The predicted octanol–water partition coefficient (Wildman–Crippen LogP) is 0.398. The molecule has 1 heterocycles. The molecule has 0 aromatic heterocycles. The second kappa shape index (κ2) is 6.68. The lowest BCUT2D eigenvalue weighted by atomic mass is 10.1. The Morgan fingerprint density at radius 1 is 1.60 bits per heavy atom. The van der Waals surface area contributed by atoms with Crippen molar-refractivity contribution in [1.82, 2.24) is 10.3 Å². The summed E-state index contributed by atoms with van der Waals surface area (Å²) >= 11 is 0. The topological polar surface area (TPSA) is 94.5 Å². The average molecular weight is 271 g/mol. The molecule has 6 nitrogen and oxygen atoms in total. The fourth-order valence-electron chi connectivity index (χ4n) is 2.31. The Morgan fingerprint density at radius 3 is 3.15 bits per heavy atom. The first-order valence-corrected chi connectivity index (χ1v) is 6.49. The number of hydrogen-bond acceptors (Lipinski definition) is 5. The summed E-state index contributed by atoms with van der Waals surface area (Å²) in [7, 11) is 0. The van der Waals surface area contributed by atoms with E-state index >= 15 is 0 Å². The number of rotatable bonds is 5. The SMILES string of the molecule is N#CNN=Cc1cccc(CN2CC[C@@H](CN)C2=O)c1. The standard InChI is InChI=1S/C14H17N5O/c15-7-13-4-5-19(14(13)20)9-12-3-1-2-11(6-12)8-17-18-10-16/h1-3,6,8,13,18H,4-5,7,9,15H2/t13-/m0/s1. The summed E-state index contributed by atoms with van der Waals surface area (Å²) < 4.78 is 0. The van der Waals surface area contributed by atoms with Gasteiger partial charge in [-0.05, 0) is 23.6 Å². The van der Waals surface area contributed by atoms with Gasteiger partial charge in [0.15, 0.2) is 6.19 Å². The first-order valence-electron chi connectivity index (χ1n) is 6.49. The molecule has 20 heavy (non-hydrogen) atoms. The molecule has 1 aromatic carbocycles. The molecular formula is C14H17N5O. The molecule has 1 fully saturated rings. The van der Waals surface area contributed by atoms with Crippen LogP contribution in [0.5, 0.6) is 0 Å². The molecule has 0 saturated carbocycles. The molecule has 1 atom stereocenters. The lowest BCUT2D eigenvalue weighted by molar-refractivity contribution is -0.131. The van der Waals surface area contributed by atoms with Gasteiger partial charge in [0.05, 0.1) is 12.1 Å². The highest BCUT2D eigenvalue weighted by molar-refractivity contribution is 5.81. The molecule has 6 heteroatoms. The van der Waals surface area contributed by atoms with Gasteiger partial charge in [-0.1, -0.05) is 18.2 Å². The van der Waals surface area contributed by atoms with Crippen molar-refractivity contribution in [2.24, 2.45) is 16.8 Å². The highest BCUT2D eigenvalue weighted by Gasteiger charge is 2.30. The van der Waals surface area contributed by atoms with Crippen LogP contribution in [0.15, 0.2) is 29.4 Å². The van der Waals surface area contributed by atoms with Crippen molar-refractivity contribution < 1.29 is 4.79 Å². The number of nitrogens with one attached hydrogen (secondary N) is 1. The van der Waals surface area contributed by atoms with Crippen molar-refractivity contribution in [2.75, 3.05) is 13.1 Å². The predicted molar refractivity (Wildman–Crippen MR) is 75.4 cm³/mol. The summed E-state index contributed by atoms with van der Waals surface area (Å²) in [6, 6.07) is 7.72. The second-order valence-electron chi connectivity index (χ2n) is 4.71. The van der Waals surface area contributed by atoms with E-state index in [4.69, 9.17) is 11.0 Å². The quantitative estimate of drug-likeness (QED) is 0.351. The Morgan fingerprint density at radius 2 is 2.45 bits per heavy atom. The molecule has 1 aliphatic rings. The van der Waals surface area contributed by atoms with Crippen LogP contribution in [0.1, 0.15) is 17.5 Å². The largest absolute Gasteiger partial charge is 0.338 e. The maximum Gasteiger partial charge on any atom is 0.227 e. The molecule has 1 aromatic rings. The summed E-state index contributed by atoms with van der Waals surface area (Å²) in [5.74, 6) is 0.109. The molecule has 1 amide bonds. The van der Waals surface area contributed by atoms with Gasteiger partial charge in [-0.25, -0.2) is 5.43 Å². The first-order chi connectivity index (χ1) is 9.74. The van der Waals surface area contributed by atoms with Crippen LogP contribution in [-0.4, -0.2) is 30.1 Å². The van der Waals surface area contributed by atoms with E-state index in [0.717, 1.165) is 24.1 Å². The lowest BCUT2D eigenvalue weighted by Crippen LogP contribution is -2.29. The highest BCUT2D eigenvalue weighted by Crippen LogP contribution is 2.19. The van der Waals surface area contributed by atoms with Gasteiger partial charge in [0, 0.05) is 19.6 Å². The number of hydrazone groups is 1. The molecule has 0 radical (unpaired) electrons. The third-order valence-electron chi connectivity index (χ3n) is 3.35. The van der Waals surface area contributed by atoms with E-state index in [9.17, 15) is 4.79 Å². The number of amides is 1. The minimum atomic E-state index is -0.0282. The average Bonchev–Trinajstić information content (AvgIpc) is 2.80. The van der Waals surface area contributed by atoms with E-state index in [1.807, 2.05) is 29.2 Å². The zero-order chi connectivity index (χ0) is 14.4. The van der Waals surface area contributed by atoms with Gasteiger partial charge in [0.2, 0.25) is 5.91 Å². The molecule has 104 valence electrons. The number of nitrogens with two attached hydrogens (primary N) is 1. The van der Waals surface area contributed by atoms with Gasteiger partial charge in [-0.3, -0.25) is 4.79 Å².